The van der Waals surface area contributed by atoms with E-state index in [1.54, 1.807) is 12.1 Å². The van der Waals surface area contributed by atoms with E-state index in [0.29, 0.717) is 28.1 Å². The largest absolute Gasteiger partial charge is 0.492 e. The third kappa shape index (κ3) is 5.67. The molecule has 0 aliphatic carbocycles. The van der Waals surface area contributed by atoms with Gasteiger partial charge in [-0.1, -0.05) is 0 Å². The van der Waals surface area contributed by atoms with Gasteiger partial charge in [0.1, 0.15) is 0 Å². The van der Waals surface area contributed by atoms with Gasteiger partial charge in [0.05, 0.1) is 30.9 Å². The molecular formula is C15H17BrN6O5. The molecule has 0 bridgehead atoms. The van der Waals surface area contributed by atoms with E-state index in [4.69, 9.17) is 9.47 Å². The molecule has 0 fully saturated rings. The smallest absolute Gasteiger partial charge is 0.342 e. The summed E-state index contributed by atoms with van der Waals surface area (Å²) < 4.78 is 11.4. The summed E-state index contributed by atoms with van der Waals surface area (Å²) in [7, 11) is 1.53. The van der Waals surface area contributed by atoms with Crippen molar-refractivity contribution in [3.63, 3.8) is 0 Å². The molecule has 0 radical (unpaired) electrons. The van der Waals surface area contributed by atoms with Gasteiger partial charge in [0.2, 0.25) is 5.82 Å². The van der Waals surface area contributed by atoms with Crippen LogP contribution in [0.15, 0.2) is 31.3 Å². The van der Waals surface area contributed by atoms with Crippen LogP contribution in [0.5, 0.6) is 11.5 Å². The molecule has 12 heteroatoms. The fourth-order valence-electron chi connectivity index (χ4n) is 1.97. The highest BCUT2D eigenvalue weighted by atomic mass is 79.9. The van der Waals surface area contributed by atoms with Gasteiger partial charge in [-0.25, -0.2) is 15.3 Å². The average Bonchev–Trinajstić information content (AvgIpc) is 2.61. The number of nitrogens with zero attached hydrogens (tertiary/aromatic N) is 2. The Bertz CT molecular complexity index is 954. The molecule has 1 aromatic heterocycles. The van der Waals surface area contributed by atoms with Crippen molar-refractivity contribution in [2.45, 2.75) is 6.92 Å². The van der Waals surface area contributed by atoms with Crippen molar-refractivity contribution in [2.24, 2.45) is 5.10 Å². The number of anilines is 1. The molecule has 1 heterocycles. The normalized spacial score (nSPS) is 10.6. The van der Waals surface area contributed by atoms with Gasteiger partial charge >= 0.3 is 5.69 Å². The summed E-state index contributed by atoms with van der Waals surface area (Å²) in [5.41, 5.74) is 1.49. The molecule has 0 aliphatic rings. The minimum atomic E-state index is -0.739. The predicted octanol–water partition coefficient (Wildman–Crippen LogP) is 0.190. The lowest BCUT2D eigenvalue weighted by Gasteiger charge is -2.11. The molecule has 1 amide bonds. The van der Waals surface area contributed by atoms with Crippen molar-refractivity contribution in [1.29, 1.82) is 0 Å². The zero-order valence-corrected chi connectivity index (χ0v) is 16.0. The molecule has 0 spiro atoms. The number of H-pyrrole nitrogens is 2. The number of hydrogen-bond donors (Lipinski definition) is 4. The van der Waals surface area contributed by atoms with Crippen molar-refractivity contribution < 1.29 is 14.3 Å². The number of rotatable bonds is 8. The van der Waals surface area contributed by atoms with Gasteiger partial charge in [0.15, 0.2) is 11.5 Å². The standard InChI is InChI=1S/C15H17BrN6O5/c1-3-27-10-5-8(4-9(16)12(10)26-2)6-18-20-11(23)7-17-13-14(24)19-15(25)22-21-13/h4-6H,3,7H2,1-2H3,(H,17,21)(H,20,23)(H2,19,22,24,25)/b18-6+. The predicted molar refractivity (Wildman–Crippen MR) is 102 cm³/mol. The number of ether oxygens (including phenoxy) is 2. The van der Waals surface area contributed by atoms with Crippen molar-refractivity contribution in [2.75, 3.05) is 25.6 Å². The van der Waals surface area contributed by atoms with Crippen LogP contribution in [-0.4, -0.2) is 47.6 Å². The van der Waals surface area contributed by atoms with Gasteiger partial charge < -0.3 is 14.8 Å². The van der Waals surface area contributed by atoms with Crippen molar-refractivity contribution in [3.8, 4) is 11.5 Å². The number of hydrogen-bond acceptors (Lipinski definition) is 8. The van der Waals surface area contributed by atoms with Crippen LogP contribution >= 0.6 is 15.9 Å². The molecule has 0 unspecified atom stereocenters. The third-order valence-electron chi connectivity index (χ3n) is 3.07. The van der Waals surface area contributed by atoms with E-state index in [1.165, 1.54) is 13.3 Å². The Morgan fingerprint density at radius 1 is 1.41 bits per heavy atom. The Morgan fingerprint density at radius 2 is 2.19 bits per heavy atom. The summed E-state index contributed by atoms with van der Waals surface area (Å²) in [6, 6.07) is 3.46. The summed E-state index contributed by atoms with van der Waals surface area (Å²) in [6.07, 6.45) is 1.43. The van der Waals surface area contributed by atoms with Gasteiger partial charge in [0, 0.05) is 0 Å². The molecule has 2 aromatic rings. The van der Waals surface area contributed by atoms with Crippen LogP contribution in [0.1, 0.15) is 12.5 Å². The SMILES string of the molecule is CCOc1cc(/C=N/NC(=O)CNc2n[nH]c(=O)[nH]c2=O)cc(Br)c1OC. The fraction of sp³-hybridized carbons (Fsp3) is 0.267. The number of methoxy groups -OCH3 is 1. The summed E-state index contributed by atoms with van der Waals surface area (Å²) >= 11 is 3.38. The Balaban J connectivity index is 1.97. The first-order valence-corrected chi connectivity index (χ1v) is 8.49. The zero-order chi connectivity index (χ0) is 19.8. The van der Waals surface area contributed by atoms with Crippen LogP contribution in [0.3, 0.4) is 0 Å². The molecule has 1 aromatic carbocycles. The second-order valence-corrected chi connectivity index (χ2v) is 5.82. The maximum absolute atomic E-state index is 11.8. The Morgan fingerprint density at radius 3 is 2.85 bits per heavy atom. The molecule has 144 valence electrons. The number of aromatic nitrogens is 3. The lowest BCUT2D eigenvalue weighted by molar-refractivity contribution is -0.119. The molecule has 11 nitrogen and oxygen atoms in total. The molecule has 4 N–H and O–H groups in total. The van der Waals surface area contributed by atoms with Gasteiger partial charge in [-0.3, -0.25) is 14.6 Å². The van der Waals surface area contributed by atoms with E-state index in [0.717, 1.165) is 0 Å². The summed E-state index contributed by atoms with van der Waals surface area (Å²) in [4.78, 5) is 36.0. The second kappa shape index (κ2) is 9.52. The highest BCUT2D eigenvalue weighted by Gasteiger charge is 2.10. The number of carbonyl (C=O) groups is 1. The van der Waals surface area contributed by atoms with Crippen molar-refractivity contribution >= 4 is 33.9 Å². The Kier molecular flexibility index (Phi) is 7.11. The molecule has 0 saturated heterocycles. The average molecular weight is 441 g/mol. The molecular weight excluding hydrogens is 424 g/mol. The number of aromatic amines is 2. The molecule has 2 rings (SSSR count). The monoisotopic (exact) mass is 440 g/mol. The lowest BCUT2D eigenvalue weighted by Crippen LogP contribution is -2.31. The lowest BCUT2D eigenvalue weighted by atomic mass is 10.2. The highest BCUT2D eigenvalue weighted by Crippen LogP contribution is 2.36. The number of benzene rings is 1. The maximum Gasteiger partial charge on any atom is 0.342 e. The number of nitrogens with one attached hydrogen (secondary N) is 4. The first-order valence-electron chi connectivity index (χ1n) is 7.69. The van der Waals surface area contributed by atoms with Crippen LogP contribution in [0, 0.1) is 0 Å². The van der Waals surface area contributed by atoms with Crippen LogP contribution in [-0.2, 0) is 4.79 Å². The van der Waals surface area contributed by atoms with E-state index < -0.39 is 17.2 Å². The summed E-state index contributed by atoms with van der Waals surface area (Å²) in [5.74, 6) is 0.387. The first kappa shape index (κ1) is 20.2. The first-order chi connectivity index (χ1) is 12.9. The Labute approximate surface area is 161 Å². The number of carbonyl (C=O) groups excluding carboxylic acids is 1. The topological polar surface area (TPSA) is 151 Å². The summed E-state index contributed by atoms with van der Waals surface area (Å²) in [5, 5.41) is 11.9. The van der Waals surface area contributed by atoms with Gasteiger partial charge in [0.25, 0.3) is 11.5 Å². The van der Waals surface area contributed by atoms with Crippen LogP contribution < -0.4 is 31.5 Å². The van der Waals surface area contributed by atoms with E-state index in [9.17, 15) is 14.4 Å². The molecule has 0 saturated carbocycles. The highest BCUT2D eigenvalue weighted by molar-refractivity contribution is 9.10. The second-order valence-electron chi connectivity index (χ2n) is 4.97. The zero-order valence-electron chi connectivity index (χ0n) is 14.5. The number of halogens is 1. The van der Waals surface area contributed by atoms with E-state index in [1.807, 2.05) is 17.0 Å². The number of hydrazone groups is 1. The van der Waals surface area contributed by atoms with E-state index >= 15 is 0 Å². The fourth-order valence-corrected chi connectivity index (χ4v) is 2.59. The van der Waals surface area contributed by atoms with Crippen molar-refractivity contribution in [3.05, 3.63) is 43.0 Å². The quantitative estimate of drug-likeness (QED) is 0.337. The maximum atomic E-state index is 11.8. The molecule has 27 heavy (non-hydrogen) atoms. The van der Waals surface area contributed by atoms with Crippen LogP contribution in [0.2, 0.25) is 0 Å². The van der Waals surface area contributed by atoms with Crippen LogP contribution in [0.4, 0.5) is 5.82 Å². The summed E-state index contributed by atoms with van der Waals surface area (Å²) in [6.45, 7) is 2.04. The van der Waals surface area contributed by atoms with Gasteiger partial charge in [-0.15, -0.1) is 5.10 Å². The van der Waals surface area contributed by atoms with Crippen LogP contribution in [0.25, 0.3) is 0 Å². The molecule has 0 aliphatic heterocycles. The van der Waals surface area contributed by atoms with E-state index in [-0.39, 0.29) is 12.4 Å². The van der Waals surface area contributed by atoms with Gasteiger partial charge in [-0.2, -0.15) is 5.10 Å². The third-order valence-corrected chi connectivity index (χ3v) is 3.66. The van der Waals surface area contributed by atoms with Gasteiger partial charge in [-0.05, 0) is 40.5 Å². The minimum absolute atomic E-state index is 0.186. The van der Waals surface area contributed by atoms with E-state index in [2.05, 4.69) is 36.9 Å². The molecule has 0 atom stereocenters. The number of amides is 1. The van der Waals surface area contributed by atoms with Crippen molar-refractivity contribution in [1.82, 2.24) is 20.6 Å². The minimum Gasteiger partial charge on any atom is -0.492 e. The Hall–Kier alpha value is -3.15.